The second kappa shape index (κ2) is 5.29. The third-order valence-electron chi connectivity index (χ3n) is 2.97. The standard InChI is InChI=1S/C13H19NO/c1-2-15-10-9-14-13-8-7-11-5-3-4-6-12(11)13/h3-6,13-14H,2,7-10H2,1H3. The summed E-state index contributed by atoms with van der Waals surface area (Å²) in [6, 6.07) is 9.27. The van der Waals surface area contributed by atoms with Gasteiger partial charge < -0.3 is 10.1 Å². The number of fused-ring (bicyclic) bond motifs is 1. The molecule has 1 aliphatic carbocycles. The van der Waals surface area contributed by atoms with Gasteiger partial charge in [0.1, 0.15) is 0 Å². The fourth-order valence-electron chi connectivity index (χ4n) is 2.22. The van der Waals surface area contributed by atoms with Crippen molar-refractivity contribution in [2.24, 2.45) is 0 Å². The predicted octanol–water partition coefficient (Wildman–Crippen LogP) is 2.30. The van der Waals surface area contributed by atoms with E-state index in [0.29, 0.717) is 6.04 Å². The monoisotopic (exact) mass is 205 g/mol. The Hall–Kier alpha value is -0.860. The number of aryl methyl sites for hydroxylation is 1. The van der Waals surface area contributed by atoms with Gasteiger partial charge in [-0.05, 0) is 30.9 Å². The molecule has 1 aromatic rings. The summed E-state index contributed by atoms with van der Waals surface area (Å²) in [5.74, 6) is 0. The Morgan fingerprint density at radius 2 is 2.27 bits per heavy atom. The van der Waals surface area contributed by atoms with Crippen LogP contribution in [-0.2, 0) is 11.2 Å². The Morgan fingerprint density at radius 1 is 1.40 bits per heavy atom. The maximum Gasteiger partial charge on any atom is 0.0590 e. The quantitative estimate of drug-likeness (QED) is 0.745. The first kappa shape index (κ1) is 10.7. The molecule has 0 bridgehead atoms. The highest BCUT2D eigenvalue weighted by molar-refractivity contribution is 5.34. The van der Waals surface area contributed by atoms with E-state index in [-0.39, 0.29) is 0 Å². The minimum atomic E-state index is 0.543. The van der Waals surface area contributed by atoms with Crippen LogP contribution in [0, 0.1) is 0 Å². The van der Waals surface area contributed by atoms with Gasteiger partial charge in [0, 0.05) is 19.2 Å². The van der Waals surface area contributed by atoms with Gasteiger partial charge in [-0.3, -0.25) is 0 Å². The van der Waals surface area contributed by atoms with Gasteiger partial charge in [-0.1, -0.05) is 24.3 Å². The maximum atomic E-state index is 5.32. The molecule has 1 aliphatic rings. The Kier molecular flexibility index (Phi) is 3.75. The van der Waals surface area contributed by atoms with Crippen molar-refractivity contribution in [2.45, 2.75) is 25.8 Å². The summed E-state index contributed by atoms with van der Waals surface area (Å²) in [6.45, 7) is 4.61. The summed E-state index contributed by atoms with van der Waals surface area (Å²) in [5, 5.41) is 3.55. The number of benzene rings is 1. The van der Waals surface area contributed by atoms with Gasteiger partial charge in [-0.25, -0.2) is 0 Å². The highest BCUT2D eigenvalue weighted by Gasteiger charge is 2.20. The molecule has 0 radical (unpaired) electrons. The lowest BCUT2D eigenvalue weighted by atomic mass is 10.1. The molecule has 82 valence electrons. The van der Waals surface area contributed by atoms with E-state index in [2.05, 4.69) is 29.6 Å². The summed E-state index contributed by atoms with van der Waals surface area (Å²) in [6.07, 6.45) is 2.44. The molecule has 0 heterocycles. The second-order valence-electron chi connectivity index (χ2n) is 3.94. The zero-order valence-corrected chi connectivity index (χ0v) is 9.33. The average Bonchev–Trinajstić information content (AvgIpc) is 2.68. The topological polar surface area (TPSA) is 21.3 Å². The number of nitrogens with one attached hydrogen (secondary N) is 1. The number of ether oxygens (including phenoxy) is 1. The molecule has 1 unspecified atom stereocenters. The molecule has 0 aliphatic heterocycles. The Morgan fingerprint density at radius 3 is 3.13 bits per heavy atom. The number of hydrogen-bond acceptors (Lipinski definition) is 2. The first-order chi connectivity index (χ1) is 7.42. The van der Waals surface area contributed by atoms with Crippen LogP contribution in [0.25, 0.3) is 0 Å². The lowest BCUT2D eigenvalue weighted by Gasteiger charge is -2.13. The number of rotatable bonds is 5. The molecule has 2 rings (SSSR count). The van der Waals surface area contributed by atoms with E-state index in [1.54, 1.807) is 0 Å². The average molecular weight is 205 g/mol. The SMILES string of the molecule is CCOCCNC1CCc2ccccc21. The number of hydrogen-bond donors (Lipinski definition) is 1. The fraction of sp³-hybridized carbons (Fsp3) is 0.538. The molecular weight excluding hydrogens is 186 g/mol. The van der Waals surface area contributed by atoms with Crippen molar-refractivity contribution < 1.29 is 4.74 Å². The summed E-state index contributed by atoms with van der Waals surface area (Å²) in [5.41, 5.74) is 2.99. The first-order valence-corrected chi connectivity index (χ1v) is 5.80. The molecule has 15 heavy (non-hydrogen) atoms. The molecule has 2 heteroatoms. The molecule has 1 aromatic carbocycles. The van der Waals surface area contributed by atoms with Gasteiger partial charge in [0.25, 0.3) is 0 Å². The van der Waals surface area contributed by atoms with Crippen LogP contribution in [-0.4, -0.2) is 19.8 Å². The van der Waals surface area contributed by atoms with E-state index in [1.807, 2.05) is 6.92 Å². The molecule has 2 nitrogen and oxygen atoms in total. The molecular formula is C13H19NO. The van der Waals surface area contributed by atoms with Gasteiger partial charge in [-0.2, -0.15) is 0 Å². The van der Waals surface area contributed by atoms with Gasteiger partial charge in [0.15, 0.2) is 0 Å². The highest BCUT2D eigenvalue weighted by atomic mass is 16.5. The minimum absolute atomic E-state index is 0.543. The van der Waals surface area contributed by atoms with E-state index in [9.17, 15) is 0 Å². The van der Waals surface area contributed by atoms with Crippen molar-refractivity contribution in [3.8, 4) is 0 Å². The summed E-state index contributed by atoms with van der Waals surface area (Å²) in [4.78, 5) is 0. The van der Waals surface area contributed by atoms with Gasteiger partial charge >= 0.3 is 0 Å². The van der Waals surface area contributed by atoms with Gasteiger partial charge in [0.05, 0.1) is 6.61 Å². The minimum Gasteiger partial charge on any atom is -0.380 e. The van der Waals surface area contributed by atoms with Crippen LogP contribution in [0.3, 0.4) is 0 Å². The van der Waals surface area contributed by atoms with Crippen LogP contribution in [0.1, 0.15) is 30.5 Å². The zero-order chi connectivity index (χ0) is 10.5. The Bertz CT molecular complexity index is 311. The van der Waals surface area contributed by atoms with Crippen molar-refractivity contribution in [2.75, 3.05) is 19.8 Å². The maximum absolute atomic E-state index is 5.32. The second-order valence-corrected chi connectivity index (χ2v) is 3.94. The van der Waals surface area contributed by atoms with Crippen molar-refractivity contribution in [1.29, 1.82) is 0 Å². The van der Waals surface area contributed by atoms with Crippen molar-refractivity contribution >= 4 is 0 Å². The summed E-state index contributed by atoms with van der Waals surface area (Å²) >= 11 is 0. The zero-order valence-electron chi connectivity index (χ0n) is 9.33. The van der Waals surface area contributed by atoms with E-state index in [0.717, 1.165) is 19.8 Å². The van der Waals surface area contributed by atoms with Crippen molar-refractivity contribution in [1.82, 2.24) is 5.32 Å². The Labute approximate surface area is 91.6 Å². The lowest BCUT2D eigenvalue weighted by Crippen LogP contribution is -2.23. The van der Waals surface area contributed by atoms with Crippen LogP contribution in [0.2, 0.25) is 0 Å². The van der Waals surface area contributed by atoms with Gasteiger partial charge in [-0.15, -0.1) is 0 Å². The van der Waals surface area contributed by atoms with Gasteiger partial charge in [0.2, 0.25) is 0 Å². The van der Waals surface area contributed by atoms with Crippen LogP contribution in [0.15, 0.2) is 24.3 Å². The molecule has 0 amide bonds. The third-order valence-corrected chi connectivity index (χ3v) is 2.97. The summed E-state index contributed by atoms with van der Waals surface area (Å²) in [7, 11) is 0. The molecule has 1 N–H and O–H groups in total. The van der Waals surface area contributed by atoms with E-state index in [4.69, 9.17) is 4.74 Å². The Balaban J connectivity index is 1.85. The normalized spacial score (nSPS) is 19.1. The summed E-state index contributed by atoms with van der Waals surface area (Å²) < 4.78 is 5.32. The molecule has 0 saturated carbocycles. The van der Waals surface area contributed by atoms with E-state index < -0.39 is 0 Å². The van der Waals surface area contributed by atoms with Crippen molar-refractivity contribution in [3.05, 3.63) is 35.4 Å². The molecule has 0 fully saturated rings. The molecule has 0 spiro atoms. The largest absolute Gasteiger partial charge is 0.380 e. The van der Waals surface area contributed by atoms with Crippen LogP contribution in [0.5, 0.6) is 0 Å². The van der Waals surface area contributed by atoms with Crippen LogP contribution < -0.4 is 5.32 Å². The van der Waals surface area contributed by atoms with Crippen molar-refractivity contribution in [3.63, 3.8) is 0 Å². The first-order valence-electron chi connectivity index (χ1n) is 5.80. The van der Waals surface area contributed by atoms with E-state index >= 15 is 0 Å². The molecule has 0 saturated heterocycles. The lowest BCUT2D eigenvalue weighted by molar-refractivity contribution is 0.147. The highest BCUT2D eigenvalue weighted by Crippen LogP contribution is 2.30. The molecule has 1 atom stereocenters. The van der Waals surface area contributed by atoms with Crippen LogP contribution in [0.4, 0.5) is 0 Å². The molecule has 0 aromatic heterocycles. The van der Waals surface area contributed by atoms with Crippen LogP contribution >= 0.6 is 0 Å². The fourth-order valence-corrected chi connectivity index (χ4v) is 2.22. The predicted molar refractivity (Wildman–Crippen MR) is 62.0 cm³/mol. The smallest absolute Gasteiger partial charge is 0.0590 e. The van der Waals surface area contributed by atoms with E-state index in [1.165, 1.54) is 24.0 Å². The third kappa shape index (κ3) is 2.58.